The van der Waals surface area contributed by atoms with E-state index >= 15 is 0 Å². The van der Waals surface area contributed by atoms with Gasteiger partial charge in [-0.3, -0.25) is 4.98 Å². The number of aromatic nitrogens is 2. The van der Waals surface area contributed by atoms with Crippen molar-refractivity contribution in [2.75, 3.05) is 0 Å². The third-order valence-corrected chi connectivity index (χ3v) is 2.74. The molecule has 0 saturated heterocycles. The predicted octanol–water partition coefficient (Wildman–Crippen LogP) is 1.51. The third-order valence-electron chi connectivity index (χ3n) is 2.74. The topological polar surface area (TPSA) is 54.7 Å². The second-order valence-corrected chi connectivity index (χ2v) is 3.75. The van der Waals surface area contributed by atoms with Crippen LogP contribution in [0.4, 0.5) is 0 Å². The number of nitrogens with two attached hydrogens (primary N) is 1. The van der Waals surface area contributed by atoms with Crippen LogP contribution in [0.15, 0.2) is 24.5 Å². The highest BCUT2D eigenvalue weighted by atomic mass is 14.9. The monoisotopic (exact) mass is 173 g/mol. The lowest BCUT2D eigenvalue weighted by Crippen LogP contribution is -2.20. The molecule has 3 N–H and O–H groups in total. The van der Waals surface area contributed by atoms with Crippen LogP contribution in [0.1, 0.15) is 18.5 Å². The first-order valence-corrected chi connectivity index (χ1v) is 4.51. The lowest BCUT2D eigenvalue weighted by Gasteiger charge is -2.08. The molecule has 0 spiro atoms. The number of nitrogens with one attached hydrogen (secondary N) is 1. The largest absolute Gasteiger partial charge is 0.361 e. The Morgan fingerprint density at radius 3 is 3.00 bits per heavy atom. The van der Waals surface area contributed by atoms with Crippen LogP contribution in [0, 0.1) is 0 Å². The van der Waals surface area contributed by atoms with Crippen LogP contribution in [0.3, 0.4) is 0 Å². The summed E-state index contributed by atoms with van der Waals surface area (Å²) in [6.45, 7) is 0. The fraction of sp³-hybridized carbons (Fsp3) is 0.300. The first-order chi connectivity index (χ1) is 6.30. The molecular weight excluding hydrogens is 162 g/mol. The van der Waals surface area contributed by atoms with E-state index in [1.807, 2.05) is 24.5 Å². The zero-order valence-corrected chi connectivity index (χ0v) is 7.25. The molecule has 3 heteroatoms. The molecule has 2 aromatic heterocycles. The summed E-state index contributed by atoms with van der Waals surface area (Å²) in [6, 6.07) is 4.02. The zero-order chi connectivity index (χ0) is 8.89. The predicted molar refractivity (Wildman–Crippen MR) is 51.2 cm³/mol. The lowest BCUT2D eigenvalue weighted by atomic mass is 10.1. The van der Waals surface area contributed by atoms with Gasteiger partial charge in [0.1, 0.15) is 0 Å². The molecule has 1 fully saturated rings. The summed E-state index contributed by atoms with van der Waals surface area (Å²) < 4.78 is 0. The van der Waals surface area contributed by atoms with E-state index in [0.717, 1.165) is 24.1 Å². The van der Waals surface area contributed by atoms with E-state index in [9.17, 15) is 0 Å². The highest BCUT2D eigenvalue weighted by molar-refractivity contribution is 5.82. The molecule has 0 radical (unpaired) electrons. The number of H-pyrrole nitrogens is 1. The molecule has 0 aromatic carbocycles. The van der Waals surface area contributed by atoms with E-state index in [0.29, 0.717) is 0 Å². The number of fused-ring (bicyclic) bond motifs is 1. The summed E-state index contributed by atoms with van der Waals surface area (Å²) in [7, 11) is 0. The number of aromatic amines is 1. The number of nitrogens with zero attached hydrogens (tertiary/aromatic N) is 1. The van der Waals surface area contributed by atoms with Crippen molar-refractivity contribution in [2.24, 2.45) is 5.73 Å². The molecule has 1 aliphatic rings. The number of hydrogen-bond acceptors (Lipinski definition) is 2. The van der Waals surface area contributed by atoms with Crippen molar-refractivity contribution in [3.63, 3.8) is 0 Å². The average Bonchev–Trinajstić information content (AvgIpc) is 2.72. The Hall–Kier alpha value is -1.35. The minimum Gasteiger partial charge on any atom is -0.361 e. The molecule has 0 unspecified atom stereocenters. The minimum absolute atomic E-state index is 0.137. The molecule has 0 amide bonds. The molecule has 1 saturated carbocycles. The van der Waals surface area contributed by atoms with Crippen molar-refractivity contribution < 1.29 is 0 Å². The normalized spacial score (nSPS) is 19.2. The van der Waals surface area contributed by atoms with E-state index in [-0.39, 0.29) is 5.54 Å². The molecule has 13 heavy (non-hydrogen) atoms. The minimum atomic E-state index is -0.137. The average molecular weight is 173 g/mol. The third kappa shape index (κ3) is 0.906. The summed E-state index contributed by atoms with van der Waals surface area (Å²) in [5.41, 5.74) is 8.15. The van der Waals surface area contributed by atoms with Gasteiger partial charge in [-0.2, -0.15) is 0 Å². The Bertz CT molecular complexity index is 454. The standard InChI is InChI=1S/C10H11N3/c11-10(3-4-10)9-7-1-5-12-8(7)2-6-13-9/h1-2,5-6,12H,3-4,11H2. The molecular formula is C10H11N3. The molecule has 3 rings (SSSR count). The molecule has 2 aromatic rings. The van der Waals surface area contributed by atoms with Crippen LogP contribution in [-0.2, 0) is 5.54 Å². The van der Waals surface area contributed by atoms with Gasteiger partial charge in [0.25, 0.3) is 0 Å². The van der Waals surface area contributed by atoms with Crippen molar-refractivity contribution in [3.8, 4) is 0 Å². The maximum atomic E-state index is 6.12. The van der Waals surface area contributed by atoms with E-state index in [1.165, 1.54) is 5.39 Å². The van der Waals surface area contributed by atoms with Gasteiger partial charge >= 0.3 is 0 Å². The van der Waals surface area contributed by atoms with Crippen LogP contribution < -0.4 is 5.73 Å². The highest BCUT2D eigenvalue weighted by Gasteiger charge is 2.42. The van der Waals surface area contributed by atoms with Crippen LogP contribution in [0.2, 0.25) is 0 Å². The molecule has 1 aliphatic carbocycles. The Kier molecular flexibility index (Phi) is 1.15. The van der Waals surface area contributed by atoms with Crippen molar-refractivity contribution in [2.45, 2.75) is 18.4 Å². The smallest absolute Gasteiger partial charge is 0.0695 e. The van der Waals surface area contributed by atoms with Gasteiger partial charge in [-0.1, -0.05) is 0 Å². The van der Waals surface area contributed by atoms with Gasteiger partial charge < -0.3 is 10.7 Å². The van der Waals surface area contributed by atoms with Gasteiger partial charge in [-0.15, -0.1) is 0 Å². The Labute approximate surface area is 76.0 Å². The Morgan fingerprint density at radius 1 is 1.38 bits per heavy atom. The quantitative estimate of drug-likeness (QED) is 0.686. The fourth-order valence-corrected chi connectivity index (χ4v) is 1.75. The fourth-order valence-electron chi connectivity index (χ4n) is 1.75. The first-order valence-electron chi connectivity index (χ1n) is 4.51. The maximum Gasteiger partial charge on any atom is 0.0695 e. The van der Waals surface area contributed by atoms with E-state index in [2.05, 4.69) is 9.97 Å². The summed E-state index contributed by atoms with van der Waals surface area (Å²) in [5.74, 6) is 0. The van der Waals surface area contributed by atoms with Crippen LogP contribution in [0.5, 0.6) is 0 Å². The first kappa shape index (κ1) is 7.09. The van der Waals surface area contributed by atoms with Gasteiger partial charge in [0, 0.05) is 23.3 Å². The Balaban J connectivity index is 2.33. The van der Waals surface area contributed by atoms with Gasteiger partial charge in [-0.05, 0) is 25.0 Å². The van der Waals surface area contributed by atoms with Crippen molar-refractivity contribution >= 4 is 10.9 Å². The van der Waals surface area contributed by atoms with Gasteiger partial charge in [0.2, 0.25) is 0 Å². The van der Waals surface area contributed by atoms with Crippen LogP contribution >= 0.6 is 0 Å². The molecule has 3 nitrogen and oxygen atoms in total. The van der Waals surface area contributed by atoms with Gasteiger partial charge in [0.15, 0.2) is 0 Å². The van der Waals surface area contributed by atoms with E-state index < -0.39 is 0 Å². The van der Waals surface area contributed by atoms with Crippen molar-refractivity contribution in [3.05, 3.63) is 30.2 Å². The SMILES string of the molecule is NC1(c2nccc3[nH]ccc23)CC1. The van der Waals surface area contributed by atoms with Crippen molar-refractivity contribution in [1.82, 2.24) is 9.97 Å². The number of hydrogen-bond donors (Lipinski definition) is 2. The summed E-state index contributed by atoms with van der Waals surface area (Å²) in [6.07, 6.45) is 5.87. The van der Waals surface area contributed by atoms with E-state index in [1.54, 1.807) is 0 Å². The highest BCUT2D eigenvalue weighted by Crippen LogP contribution is 2.43. The number of pyridine rings is 1. The number of rotatable bonds is 1. The molecule has 66 valence electrons. The lowest BCUT2D eigenvalue weighted by molar-refractivity contribution is 0.717. The van der Waals surface area contributed by atoms with Gasteiger partial charge in [-0.25, -0.2) is 0 Å². The second kappa shape index (κ2) is 2.12. The molecule has 2 heterocycles. The van der Waals surface area contributed by atoms with Crippen LogP contribution in [-0.4, -0.2) is 9.97 Å². The molecule has 0 aliphatic heterocycles. The second-order valence-electron chi connectivity index (χ2n) is 3.75. The zero-order valence-electron chi connectivity index (χ0n) is 7.25. The summed E-state index contributed by atoms with van der Waals surface area (Å²) >= 11 is 0. The Morgan fingerprint density at radius 2 is 2.23 bits per heavy atom. The molecule has 0 atom stereocenters. The molecule has 0 bridgehead atoms. The summed E-state index contributed by atoms with van der Waals surface area (Å²) in [5, 5.41) is 1.17. The van der Waals surface area contributed by atoms with Gasteiger partial charge in [0.05, 0.1) is 11.2 Å². The van der Waals surface area contributed by atoms with E-state index in [4.69, 9.17) is 5.73 Å². The van der Waals surface area contributed by atoms with Crippen LogP contribution in [0.25, 0.3) is 10.9 Å². The maximum absolute atomic E-state index is 6.12. The summed E-state index contributed by atoms with van der Waals surface area (Å²) in [4.78, 5) is 7.53. The van der Waals surface area contributed by atoms with Crippen molar-refractivity contribution in [1.29, 1.82) is 0 Å².